The molecule has 3 atom stereocenters. The first-order valence-electron chi connectivity index (χ1n) is 5.41. The molecule has 2 aliphatic rings. The minimum atomic E-state index is 0.748. The van der Waals surface area contributed by atoms with Gasteiger partial charge in [0, 0.05) is 0 Å². The van der Waals surface area contributed by atoms with Gasteiger partial charge in [-0.3, -0.25) is 0 Å². The van der Waals surface area contributed by atoms with Crippen LogP contribution in [0.1, 0.15) is 51.9 Å². The SMILES string of the molecule is CPC12CCCCC1(C)CCC2. The summed E-state index contributed by atoms with van der Waals surface area (Å²) in [7, 11) is 1.19. The molecule has 70 valence electrons. The molecule has 0 spiro atoms. The third-order valence-corrected chi connectivity index (χ3v) is 6.61. The monoisotopic (exact) mass is 184 g/mol. The molecule has 0 aromatic carbocycles. The fourth-order valence-corrected chi connectivity index (χ4v) is 5.31. The van der Waals surface area contributed by atoms with E-state index in [-0.39, 0.29) is 0 Å². The van der Waals surface area contributed by atoms with E-state index in [1.807, 2.05) is 0 Å². The molecule has 0 aromatic rings. The maximum Gasteiger partial charge on any atom is -0.00706 e. The molecule has 0 aliphatic heterocycles. The van der Waals surface area contributed by atoms with Crippen LogP contribution in [0, 0.1) is 5.41 Å². The first-order valence-corrected chi connectivity index (χ1v) is 6.91. The molecule has 3 unspecified atom stereocenters. The van der Waals surface area contributed by atoms with Crippen LogP contribution < -0.4 is 0 Å². The van der Waals surface area contributed by atoms with E-state index in [2.05, 4.69) is 13.6 Å². The van der Waals surface area contributed by atoms with Gasteiger partial charge < -0.3 is 0 Å². The summed E-state index contributed by atoms with van der Waals surface area (Å²) in [5.41, 5.74) is 0.748. The van der Waals surface area contributed by atoms with Crippen molar-refractivity contribution in [2.24, 2.45) is 5.41 Å². The van der Waals surface area contributed by atoms with E-state index in [0.717, 1.165) is 10.6 Å². The Morgan fingerprint density at radius 1 is 0.917 bits per heavy atom. The Hall–Kier alpha value is 0.430. The standard InChI is InChI=1S/C11H21P/c1-10-6-3-4-8-11(10,12-2)9-5-7-10/h12H,3-9H2,1-2H3. The van der Waals surface area contributed by atoms with Gasteiger partial charge in [-0.2, -0.15) is 0 Å². The molecule has 2 rings (SSSR count). The van der Waals surface area contributed by atoms with Crippen molar-refractivity contribution < 1.29 is 0 Å². The van der Waals surface area contributed by atoms with Gasteiger partial charge in [0.1, 0.15) is 0 Å². The molecular weight excluding hydrogens is 163 g/mol. The van der Waals surface area contributed by atoms with Gasteiger partial charge in [0.15, 0.2) is 0 Å². The Bertz CT molecular complexity index is 178. The van der Waals surface area contributed by atoms with Gasteiger partial charge in [-0.1, -0.05) is 26.2 Å². The summed E-state index contributed by atoms with van der Waals surface area (Å²) in [6.45, 7) is 5.00. The smallest absolute Gasteiger partial charge is 0.00706 e. The number of hydrogen-bond donors (Lipinski definition) is 0. The Balaban J connectivity index is 2.25. The molecule has 12 heavy (non-hydrogen) atoms. The van der Waals surface area contributed by atoms with Crippen LogP contribution in [0.4, 0.5) is 0 Å². The molecule has 0 radical (unpaired) electrons. The van der Waals surface area contributed by atoms with Crippen LogP contribution in [0.15, 0.2) is 0 Å². The van der Waals surface area contributed by atoms with Crippen molar-refractivity contribution in [2.75, 3.05) is 6.66 Å². The highest BCUT2D eigenvalue weighted by atomic mass is 31.1. The first kappa shape index (κ1) is 9.00. The minimum Gasteiger partial charge on any atom is -0.118 e. The third-order valence-electron chi connectivity index (χ3n) is 4.55. The van der Waals surface area contributed by atoms with Crippen LogP contribution in [0.2, 0.25) is 0 Å². The van der Waals surface area contributed by atoms with Crippen molar-refractivity contribution in [3.63, 3.8) is 0 Å². The molecule has 0 bridgehead atoms. The Morgan fingerprint density at radius 3 is 2.17 bits per heavy atom. The maximum absolute atomic E-state index is 2.57. The van der Waals surface area contributed by atoms with Crippen LogP contribution in [0.3, 0.4) is 0 Å². The van der Waals surface area contributed by atoms with E-state index in [1.165, 1.54) is 40.7 Å². The van der Waals surface area contributed by atoms with Gasteiger partial charge in [-0.15, -0.1) is 8.58 Å². The van der Waals surface area contributed by atoms with Crippen molar-refractivity contribution in [3.8, 4) is 0 Å². The summed E-state index contributed by atoms with van der Waals surface area (Å²) in [6, 6.07) is 0. The highest BCUT2D eigenvalue weighted by Gasteiger charge is 2.51. The summed E-state index contributed by atoms with van der Waals surface area (Å²) in [6.07, 6.45) is 10.6. The number of fused-ring (bicyclic) bond motifs is 1. The Morgan fingerprint density at radius 2 is 1.50 bits per heavy atom. The lowest BCUT2D eigenvalue weighted by Gasteiger charge is -2.47. The van der Waals surface area contributed by atoms with E-state index < -0.39 is 0 Å². The predicted molar refractivity (Wildman–Crippen MR) is 57.4 cm³/mol. The molecule has 0 aromatic heterocycles. The topological polar surface area (TPSA) is 0 Å². The summed E-state index contributed by atoms with van der Waals surface area (Å²) in [4.78, 5) is 0. The average molecular weight is 184 g/mol. The molecule has 2 saturated carbocycles. The van der Waals surface area contributed by atoms with Crippen LogP contribution >= 0.6 is 8.58 Å². The zero-order valence-corrected chi connectivity index (χ0v) is 9.45. The van der Waals surface area contributed by atoms with Gasteiger partial charge in [-0.25, -0.2) is 0 Å². The summed E-state index contributed by atoms with van der Waals surface area (Å²) >= 11 is 0. The molecule has 0 N–H and O–H groups in total. The number of hydrogen-bond acceptors (Lipinski definition) is 0. The number of rotatable bonds is 1. The quantitative estimate of drug-likeness (QED) is 0.544. The second-order valence-corrected chi connectivity index (χ2v) is 6.41. The van der Waals surface area contributed by atoms with E-state index in [4.69, 9.17) is 0 Å². The fourth-order valence-electron chi connectivity index (χ4n) is 3.61. The molecule has 0 saturated heterocycles. The van der Waals surface area contributed by atoms with Crippen molar-refractivity contribution in [1.82, 2.24) is 0 Å². The lowest BCUT2D eigenvalue weighted by atomic mass is 9.69. The minimum absolute atomic E-state index is 0.748. The molecule has 2 aliphatic carbocycles. The summed E-state index contributed by atoms with van der Waals surface area (Å²) in [5, 5.41) is 0.797. The van der Waals surface area contributed by atoms with Crippen LogP contribution in [0.5, 0.6) is 0 Å². The zero-order chi connectivity index (χ0) is 8.66. The van der Waals surface area contributed by atoms with Gasteiger partial charge in [0.25, 0.3) is 0 Å². The van der Waals surface area contributed by atoms with Gasteiger partial charge in [0.2, 0.25) is 0 Å². The van der Waals surface area contributed by atoms with Crippen molar-refractivity contribution in [3.05, 3.63) is 0 Å². The van der Waals surface area contributed by atoms with Crippen LogP contribution in [0.25, 0.3) is 0 Å². The molecule has 0 heterocycles. The Kier molecular flexibility index (Phi) is 2.24. The lowest BCUT2D eigenvalue weighted by molar-refractivity contribution is 0.180. The zero-order valence-electron chi connectivity index (χ0n) is 8.45. The molecular formula is C11H21P. The first-order chi connectivity index (χ1) is 5.72. The maximum atomic E-state index is 2.57. The molecule has 0 nitrogen and oxygen atoms in total. The fraction of sp³-hybridized carbons (Fsp3) is 1.00. The predicted octanol–water partition coefficient (Wildman–Crippen LogP) is 3.80. The van der Waals surface area contributed by atoms with Crippen LogP contribution in [-0.2, 0) is 0 Å². The van der Waals surface area contributed by atoms with Gasteiger partial charge >= 0.3 is 0 Å². The second kappa shape index (κ2) is 2.98. The average Bonchev–Trinajstić information content (AvgIpc) is 2.42. The van der Waals surface area contributed by atoms with Crippen molar-refractivity contribution in [1.29, 1.82) is 0 Å². The van der Waals surface area contributed by atoms with Crippen LogP contribution in [-0.4, -0.2) is 11.8 Å². The van der Waals surface area contributed by atoms with Crippen molar-refractivity contribution >= 4 is 8.58 Å². The van der Waals surface area contributed by atoms with E-state index >= 15 is 0 Å². The van der Waals surface area contributed by atoms with E-state index in [0.29, 0.717) is 0 Å². The normalized spacial score (nSPS) is 48.5. The van der Waals surface area contributed by atoms with Gasteiger partial charge in [0.05, 0.1) is 0 Å². The Labute approximate surface area is 78.3 Å². The van der Waals surface area contributed by atoms with E-state index in [1.54, 1.807) is 12.8 Å². The largest absolute Gasteiger partial charge is 0.118 e. The molecule has 0 amide bonds. The van der Waals surface area contributed by atoms with Crippen molar-refractivity contribution in [2.45, 2.75) is 57.0 Å². The lowest BCUT2D eigenvalue weighted by Crippen LogP contribution is -2.40. The summed E-state index contributed by atoms with van der Waals surface area (Å²) < 4.78 is 0. The highest BCUT2D eigenvalue weighted by Crippen LogP contribution is 2.62. The molecule has 1 heteroatoms. The van der Waals surface area contributed by atoms with E-state index in [9.17, 15) is 0 Å². The highest BCUT2D eigenvalue weighted by molar-refractivity contribution is 7.39. The second-order valence-electron chi connectivity index (χ2n) is 4.95. The summed E-state index contributed by atoms with van der Waals surface area (Å²) in [5.74, 6) is 0. The molecule has 2 fully saturated rings. The third kappa shape index (κ3) is 1.07. The van der Waals surface area contributed by atoms with Gasteiger partial charge in [-0.05, 0) is 42.9 Å².